The Morgan fingerprint density at radius 1 is 1.20 bits per heavy atom. The van der Waals surface area contributed by atoms with Crippen LogP contribution in [-0.4, -0.2) is 39.8 Å². The standard InChI is InChI=1S/C20H24ClN3O/c21-15-1-2-17-18(3-4-22-19(17)10-15)23-5-6-24-16-8-13-7-14(9-16)12-20(24,25)11-13/h1-4,10,13-14,16,25H,5-9,11-12H2,(H,22,23). The van der Waals surface area contributed by atoms with Crippen LogP contribution in [0, 0.1) is 11.8 Å². The number of benzene rings is 1. The summed E-state index contributed by atoms with van der Waals surface area (Å²) in [5.41, 5.74) is 1.44. The minimum Gasteiger partial charge on any atom is -0.383 e. The molecule has 0 amide bonds. The van der Waals surface area contributed by atoms with E-state index in [1.54, 1.807) is 0 Å². The molecular weight excluding hydrogens is 334 g/mol. The van der Waals surface area contributed by atoms with Crippen LogP contribution in [0.15, 0.2) is 30.5 Å². The number of pyridine rings is 1. The summed E-state index contributed by atoms with van der Waals surface area (Å²) in [6.45, 7) is 1.72. The fraction of sp³-hybridized carbons (Fsp3) is 0.550. The molecule has 0 spiro atoms. The molecule has 5 heteroatoms. The molecule has 25 heavy (non-hydrogen) atoms. The number of aromatic nitrogens is 1. The number of halogens is 1. The maximum atomic E-state index is 11.1. The Morgan fingerprint density at radius 2 is 2.00 bits per heavy atom. The van der Waals surface area contributed by atoms with Crippen molar-refractivity contribution in [2.45, 2.75) is 43.9 Å². The van der Waals surface area contributed by atoms with Crippen LogP contribution in [0.2, 0.25) is 5.02 Å². The topological polar surface area (TPSA) is 48.4 Å². The summed E-state index contributed by atoms with van der Waals surface area (Å²) in [6.07, 6.45) is 7.65. The second-order valence-electron chi connectivity index (χ2n) is 8.12. The third-order valence-electron chi connectivity index (χ3n) is 6.46. The van der Waals surface area contributed by atoms with E-state index in [-0.39, 0.29) is 0 Å². The largest absolute Gasteiger partial charge is 0.383 e. The Morgan fingerprint density at radius 3 is 2.76 bits per heavy atom. The zero-order valence-electron chi connectivity index (χ0n) is 14.3. The lowest BCUT2D eigenvalue weighted by molar-refractivity contribution is -0.230. The number of hydrogen-bond donors (Lipinski definition) is 2. The van der Waals surface area contributed by atoms with E-state index in [4.69, 9.17) is 11.6 Å². The van der Waals surface area contributed by atoms with E-state index in [1.807, 2.05) is 30.5 Å². The van der Waals surface area contributed by atoms with Crippen molar-refractivity contribution in [1.29, 1.82) is 0 Å². The van der Waals surface area contributed by atoms with E-state index >= 15 is 0 Å². The van der Waals surface area contributed by atoms with Crippen LogP contribution in [0.4, 0.5) is 5.69 Å². The second kappa shape index (κ2) is 5.83. The highest BCUT2D eigenvalue weighted by molar-refractivity contribution is 6.31. The number of nitrogens with zero attached hydrogens (tertiary/aromatic N) is 2. The zero-order valence-corrected chi connectivity index (χ0v) is 15.0. The van der Waals surface area contributed by atoms with Gasteiger partial charge in [-0.3, -0.25) is 9.88 Å². The number of rotatable bonds is 4. The average Bonchev–Trinajstić information content (AvgIpc) is 2.56. The quantitative estimate of drug-likeness (QED) is 0.871. The molecule has 2 aliphatic heterocycles. The smallest absolute Gasteiger partial charge is 0.119 e. The van der Waals surface area contributed by atoms with Crippen molar-refractivity contribution in [3.05, 3.63) is 35.5 Å². The highest BCUT2D eigenvalue weighted by Gasteiger charge is 2.54. The third-order valence-corrected chi connectivity index (χ3v) is 6.69. The third kappa shape index (κ3) is 2.71. The maximum Gasteiger partial charge on any atom is 0.119 e. The van der Waals surface area contributed by atoms with E-state index in [2.05, 4.69) is 15.2 Å². The molecule has 2 unspecified atom stereocenters. The monoisotopic (exact) mass is 357 g/mol. The predicted octanol–water partition coefficient (Wildman–Crippen LogP) is 3.88. The van der Waals surface area contributed by atoms with Crippen molar-refractivity contribution in [3.8, 4) is 0 Å². The van der Waals surface area contributed by atoms with Gasteiger partial charge in [-0.2, -0.15) is 0 Å². The molecule has 4 bridgehead atoms. The van der Waals surface area contributed by atoms with Crippen molar-refractivity contribution in [2.24, 2.45) is 11.8 Å². The zero-order chi connectivity index (χ0) is 17.0. The SMILES string of the molecule is OC12CC3CC(CC(C3)N1CCNc1ccnc3cc(Cl)ccc13)C2. The van der Waals surface area contributed by atoms with Crippen molar-refractivity contribution in [1.82, 2.24) is 9.88 Å². The number of aliphatic hydroxyl groups is 1. The summed E-state index contributed by atoms with van der Waals surface area (Å²) in [6, 6.07) is 8.40. The average molecular weight is 358 g/mol. The number of fused-ring (bicyclic) bond motifs is 1. The molecule has 1 aromatic heterocycles. The molecule has 2 N–H and O–H groups in total. The normalized spacial score (nSPS) is 33.9. The van der Waals surface area contributed by atoms with Crippen LogP contribution in [0.1, 0.15) is 32.1 Å². The molecule has 2 saturated carbocycles. The van der Waals surface area contributed by atoms with Gasteiger partial charge in [0.2, 0.25) is 0 Å². The van der Waals surface area contributed by atoms with Crippen molar-refractivity contribution < 1.29 is 5.11 Å². The molecule has 4 aliphatic rings. The van der Waals surface area contributed by atoms with Crippen LogP contribution in [-0.2, 0) is 0 Å². The van der Waals surface area contributed by atoms with Gasteiger partial charge >= 0.3 is 0 Å². The summed E-state index contributed by atoms with van der Waals surface area (Å²) in [5, 5.41) is 16.5. The molecule has 2 aromatic rings. The molecule has 4 fully saturated rings. The second-order valence-corrected chi connectivity index (χ2v) is 8.56. The minimum atomic E-state index is -0.551. The van der Waals surface area contributed by atoms with Crippen molar-refractivity contribution in [2.75, 3.05) is 18.4 Å². The van der Waals surface area contributed by atoms with Crippen molar-refractivity contribution in [3.63, 3.8) is 0 Å². The van der Waals surface area contributed by atoms with Crippen LogP contribution >= 0.6 is 11.6 Å². The summed E-state index contributed by atoms with van der Waals surface area (Å²) >= 11 is 6.07. The van der Waals surface area contributed by atoms with E-state index in [0.29, 0.717) is 11.1 Å². The molecule has 2 aliphatic carbocycles. The van der Waals surface area contributed by atoms with Gasteiger partial charge < -0.3 is 10.4 Å². The first-order valence-electron chi connectivity index (χ1n) is 9.38. The molecule has 2 atom stereocenters. The van der Waals surface area contributed by atoms with Gasteiger partial charge in [0, 0.05) is 41.4 Å². The van der Waals surface area contributed by atoms with Gasteiger partial charge in [-0.1, -0.05) is 11.6 Å². The molecule has 4 nitrogen and oxygen atoms in total. The number of piperidine rings is 2. The fourth-order valence-electron chi connectivity index (χ4n) is 5.68. The summed E-state index contributed by atoms with van der Waals surface area (Å²) in [4.78, 5) is 6.78. The number of hydrogen-bond acceptors (Lipinski definition) is 4. The number of nitrogens with one attached hydrogen (secondary N) is 1. The Labute approximate surface area is 153 Å². The Hall–Kier alpha value is -1.36. The molecular formula is C20H24ClN3O. The maximum absolute atomic E-state index is 11.1. The lowest BCUT2D eigenvalue weighted by Gasteiger charge is -2.61. The van der Waals surface area contributed by atoms with E-state index in [0.717, 1.165) is 54.4 Å². The first kappa shape index (κ1) is 15.9. The van der Waals surface area contributed by atoms with Gasteiger partial charge in [0.1, 0.15) is 5.72 Å². The fourth-order valence-corrected chi connectivity index (χ4v) is 5.84. The number of anilines is 1. The lowest BCUT2D eigenvalue weighted by Crippen LogP contribution is -2.66. The molecule has 1 aromatic carbocycles. The highest BCUT2D eigenvalue weighted by Crippen LogP contribution is 2.53. The van der Waals surface area contributed by atoms with Gasteiger partial charge in [0.05, 0.1) is 5.52 Å². The van der Waals surface area contributed by atoms with Gasteiger partial charge in [0.25, 0.3) is 0 Å². The predicted molar refractivity (Wildman–Crippen MR) is 101 cm³/mol. The van der Waals surface area contributed by atoms with Gasteiger partial charge in [-0.15, -0.1) is 0 Å². The van der Waals surface area contributed by atoms with Gasteiger partial charge in [-0.25, -0.2) is 0 Å². The molecule has 0 radical (unpaired) electrons. The Bertz CT molecular complexity index is 797. The van der Waals surface area contributed by atoms with Gasteiger partial charge in [0.15, 0.2) is 0 Å². The van der Waals surface area contributed by atoms with Crippen LogP contribution < -0.4 is 5.32 Å². The van der Waals surface area contributed by atoms with Crippen molar-refractivity contribution >= 4 is 28.2 Å². The van der Waals surface area contributed by atoms with Crippen LogP contribution in [0.25, 0.3) is 10.9 Å². The summed E-state index contributed by atoms with van der Waals surface area (Å²) in [7, 11) is 0. The molecule has 132 valence electrons. The van der Waals surface area contributed by atoms with Crippen LogP contribution in [0.3, 0.4) is 0 Å². The lowest BCUT2D eigenvalue weighted by atomic mass is 9.62. The summed E-state index contributed by atoms with van der Waals surface area (Å²) < 4.78 is 0. The highest BCUT2D eigenvalue weighted by atomic mass is 35.5. The first-order valence-corrected chi connectivity index (χ1v) is 9.76. The Kier molecular flexibility index (Phi) is 3.70. The molecule has 3 heterocycles. The Balaban J connectivity index is 1.30. The molecule has 6 rings (SSSR count). The van der Waals surface area contributed by atoms with Crippen LogP contribution in [0.5, 0.6) is 0 Å². The molecule has 2 saturated heterocycles. The van der Waals surface area contributed by atoms with E-state index < -0.39 is 5.72 Å². The minimum absolute atomic E-state index is 0.551. The first-order chi connectivity index (χ1) is 12.1. The van der Waals surface area contributed by atoms with E-state index in [1.165, 1.54) is 19.3 Å². The van der Waals surface area contributed by atoms with E-state index in [9.17, 15) is 5.11 Å². The van der Waals surface area contributed by atoms with Gasteiger partial charge in [-0.05, 0) is 68.2 Å². The summed E-state index contributed by atoms with van der Waals surface area (Å²) in [5.74, 6) is 1.50.